The smallest absolute Gasteiger partial charge is 0.228 e. The number of carbonyl (C=O) groups excluding carboxylic acids is 1. The molecule has 0 saturated heterocycles. The van der Waals surface area contributed by atoms with Crippen molar-refractivity contribution in [1.29, 1.82) is 0 Å². The summed E-state index contributed by atoms with van der Waals surface area (Å²) in [6.07, 6.45) is 3.71. The maximum Gasteiger partial charge on any atom is 0.228 e. The second-order valence-electron chi connectivity index (χ2n) is 4.80. The molecule has 0 unspecified atom stereocenters. The van der Waals surface area contributed by atoms with Crippen molar-refractivity contribution in [2.75, 3.05) is 18.5 Å². The number of halogens is 1. The largest absolute Gasteiger partial charge is 0.491 e. The Kier molecular flexibility index (Phi) is 6.32. The van der Waals surface area contributed by atoms with Crippen molar-refractivity contribution >= 4 is 17.7 Å². The van der Waals surface area contributed by atoms with Gasteiger partial charge in [-0.2, -0.15) is 0 Å². The first-order valence-corrected chi connectivity index (χ1v) is 7.23. The SMILES string of the molecule is O=C(C/C=C/c1ccc(F)cc1)Nc1ccc(OCCO)cc1. The van der Waals surface area contributed by atoms with E-state index >= 15 is 0 Å². The Hall–Kier alpha value is -2.66. The summed E-state index contributed by atoms with van der Waals surface area (Å²) in [7, 11) is 0. The summed E-state index contributed by atoms with van der Waals surface area (Å²) < 4.78 is 18.0. The molecule has 0 saturated carbocycles. The molecule has 0 aliphatic heterocycles. The van der Waals surface area contributed by atoms with Crippen LogP contribution < -0.4 is 10.1 Å². The fraction of sp³-hybridized carbons (Fsp3) is 0.167. The number of hydrogen-bond donors (Lipinski definition) is 2. The van der Waals surface area contributed by atoms with Crippen molar-refractivity contribution in [3.63, 3.8) is 0 Å². The van der Waals surface area contributed by atoms with E-state index < -0.39 is 0 Å². The third-order valence-electron chi connectivity index (χ3n) is 2.98. The van der Waals surface area contributed by atoms with Gasteiger partial charge in [0.1, 0.15) is 18.2 Å². The summed E-state index contributed by atoms with van der Waals surface area (Å²) in [5, 5.41) is 11.4. The second-order valence-corrected chi connectivity index (χ2v) is 4.80. The zero-order valence-corrected chi connectivity index (χ0v) is 12.5. The molecular weight excluding hydrogens is 297 g/mol. The number of carbonyl (C=O) groups is 1. The summed E-state index contributed by atoms with van der Waals surface area (Å²) in [5.41, 5.74) is 1.51. The van der Waals surface area contributed by atoms with Crippen LogP contribution in [0.3, 0.4) is 0 Å². The van der Waals surface area contributed by atoms with Gasteiger partial charge in [-0.1, -0.05) is 24.3 Å². The number of amides is 1. The van der Waals surface area contributed by atoms with Gasteiger partial charge in [0.25, 0.3) is 0 Å². The van der Waals surface area contributed by atoms with Crippen molar-refractivity contribution in [1.82, 2.24) is 0 Å². The molecule has 120 valence electrons. The minimum Gasteiger partial charge on any atom is -0.491 e. The first kappa shape index (κ1) is 16.7. The highest BCUT2D eigenvalue weighted by atomic mass is 19.1. The summed E-state index contributed by atoms with van der Waals surface area (Å²) in [6, 6.07) is 13.0. The van der Waals surface area contributed by atoms with Gasteiger partial charge in [-0.05, 0) is 42.0 Å². The van der Waals surface area contributed by atoms with Crippen LogP contribution in [0.1, 0.15) is 12.0 Å². The maximum absolute atomic E-state index is 12.8. The molecule has 0 aliphatic rings. The Morgan fingerprint density at radius 1 is 1.13 bits per heavy atom. The monoisotopic (exact) mass is 315 g/mol. The summed E-state index contributed by atoms with van der Waals surface area (Å²) in [4.78, 5) is 11.8. The van der Waals surface area contributed by atoms with Crippen LogP contribution in [0.5, 0.6) is 5.75 Å². The number of nitrogens with one attached hydrogen (secondary N) is 1. The quantitative estimate of drug-likeness (QED) is 0.824. The molecule has 2 N–H and O–H groups in total. The van der Waals surface area contributed by atoms with Crippen LogP contribution in [0, 0.1) is 5.82 Å². The lowest BCUT2D eigenvalue weighted by atomic mass is 10.2. The van der Waals surface area contributed by atoms with E-state index in [0.717, 1.165) is 5.56 Å². The zero-order valence-electron chi connectivity index (χ0n) is 12.5. The molecule has 0 aromatic heterocycles. The maximum atomic E-state index is 12.8. The molecule has 0 atom stereocenters. The number of hydrogen-bond acceptors (Lipinski definition) is 3. The van der Waals surface area contributed by atoms with Gasteiger partial charge in [0, 0.05) is 12.1 Å². The van der Waals surface area contributed by atoms with Crippen LogP contribution in [-0.4, -0.2) is 24.2 Å². The molecule has 0 spiro atoms. The molecule has 2 aromatic rings. The lowest BCUT2D eigenvalue weighted by Gasteiger charge is -2.06. The fourth-order valence-electron chi connectivity index (χ4n) is 1.89. The summed E-state index contributed by atoms with van der Waals surface area (Å²) in [6.45, 7) is 0.193. The Bertz CT molecular complexity index is 651. The molecule has 4 nitrogen and oxygen atoms in total. The molecule has 0 heterocycles. The van der Waals surface area contributed by atoms with Crippen LogP contribution >= 0.6 is 0 Å². The van der Waals surface area contributed by atoms with E-state index in [1.165, 1.54) is 12.1 Å². The average Bonchev–Trinajstić information content (AvgIpc) is 2.56. The standard InChI is InChI=1S/C18H18FNO3/c19-15-6-4-14(5-7-15)2-1-3-18(22)20-16-8-10-17(11-9-16)23-13-12-21/h1-2,4-11,21H,3,12-13H2,(H,20,22)/b2-1+. The molecule has 0 fully saturated rings. The van der Waals surface area contributed by atoms with Gasteiger partial charge in [-0.15, -0.1) is 0 Å². The summed E-state index contributed by atoms with van der Waals surface area (Å²) in [5.74, 6) is 0.201. The molecule has 0 bridgehead atoms. The number of ether oxygens (including phenoxy) is 1. The van der Waals surface area contributed by atoms with Crippen molar-refractivity contribution in [2.24, 2.45) is 0 Å². The minimum absolute atomic E-state index is 0.0428. The second kappa shape index (κ2) is 8.70. The highest BCUT2D eigenvalue weighted by Gasteiger charge is 2.00. The van der Waals surface area contributed by atoms with Crippen molar-refractivity contribution < 1.29 is 19.0 Å². The van der Waals surface area contributed by atoms with Gasteiger partial charge >= 0.3 is 0 Å². The Morgan fingerprint density at radius 2 is 1.83 bits per heavy atom. The molecule has 2 aromatic carbocycles. The van der Waals surface area contributed by atoms with Crippen molar-refractivity contribution in [2.45, 2.75) is 6.42 Å². The molecule has 5 heteroatoms. The highest BCUT2D eigenvalue weighted by Crippen LogP contribution is 2.16. The molecule has 2 rings (SSSR count). The number of aliphatic hydroxyl groups is 1. The van der Waals surface area contributed by atoms with Crippen LogP contribution in [0.25, 0.3) is 6.08 Å². The van der Waals surface area contributed by atoms with E-state index in [1.54, 1.807) is 48.6 Å². The van der Waals surface area contributed by atoms with E-state index in [-0.39, 0.29) is 31.4 Å². The van der Waals surface area contributed by atoms with Gasteiger partial charge in [-0.25, -0.2) is 4.39 Å². The van der Waals surface area contributed by atoms with E-state index in [4.69, 9.17) is 9.84 Å². The van der Waals surface area contributed by atoms with Crippen LogP contribution in [0.15, 0.2) is 54.6 Å². The van der Waals surface area contributed by atoms with Gasteiger partial charge in [0.05, 0.1) is 6.61 Å². The highest BCUT2D eigenvalue weighted by molar-refractivity contribution is 5.92. The predicted molar refractivity (Wildman–Crippen MR) is 87.7 cm³/mol. The first-order chi connectivity index (χ1) is 11.2. The normalized spacial score (nSPS) is 10.7. The number of aliphatic hydroxyl groups excluding tert-OH is 1. The molecule has 0 aliphatic carbocycles. The minimum atomic E-state index is -0.286. The molecule has 23 heavy (non-hydrogen) atoms. The van der Waals surface area contributed by atoms with Gasteiger partial charge in [-0.3, -0.25) is 4.79 Å². The third-order valence-corrected chi connectivity index (χ3v) is 2.98. The molecule has 1 amide bonds. The fourth-order valence-corrected chi connectivity index (χ4v) is 1.89. The first-order valence-electron chi connectivity index (χ1n) is 7.23. The predicted octanol–water partition coefficient (Wildman–Crippen LogP) is 3.24. The number of benzene rings is 2. The summed E-state index contributed by atoms with van der Waals surface area (Å²) >= 11 is 0. The topological polar surface area (TPSA) is 58.6 Å². The van der Waals surface area contributed by atoms with E-state index in [1.807, 2.05) is 0 Å². The number of rotatable bonds is 7. The lowest BCUT2D eigenvalue weighted by Crippen LogP contribution is -2.09. The Labute approximate surface area is 134 Å². The molecule has 0 radical (unpaired) electrons. The van der Waals surface area contributed by atoms with Gasteiger partial charge in [0.2, 0.25) is 5.91 Å². The van der Waals surface area contributed by atoms with E-state index in [9.17, 15) is 9.18 Å². The number of anilines is 1. The lowest BCUT2D eigenvalue weighted by molar-refractivity contribution is -0.115. The van der Waals surface area contributed by atoms with Crippen molar-refractivity contribution in [3.05, 3.63) is 66.0 Å². The van der Waals surface area contributed by atoms with Crippen LogP contribution in [-0.2, 0) is 4.79 Å². The van der Waals surface area contributed by atoms with Crippen LogP contribution in [0.2, 0.25) is 0 Å². The Morgan fingerprint density at radius 3 is 2.48 bits per heavy atom. The average molecular weight is 315 g/mol. The van der Waals surface area contributed by atoms with Gasteiger partial charge in [0.15, 0.2) is 0 Å². The van der Waals surface area contributed by atoms with Gasteiger partial charge < -0.3 is 15.2 Å². The molecular formula is C18H18FNO3. The van der Waals surface area contributed by atoms with Crippen molar-refractivity contribution in [3.8, 4) is 5.75 Å². The third kappa shape index (κ3) is 5.92. The van der Waals surface area contributed by atoms with E-state index in [0.29, 0.717) is 11.4 Å². The Balaban J connectivity index is 1.81. The van der Waals surface area contributed by atoms with E-state index in [2.05, 4.69) is 5.32 Å². The zero-order chi connectivity index (χ0) is 16.5. The van der Waals surface area contributed by atoms with Crippen LogP contribution in [0.4, 0.5) is 10.1 Å².